The Morgan fingerprint density at radius 1 is 1.15 bits per heavy atom. The van der Waals surface area contributed by atoms with Gasteiger partial charge in [0.25, 0.3) is 5.91 Å². The Kier molecular flexibility index (Phi) is 6.70. The number of anilines is 1. The van der Waals surface area contributed by atoms with E-state index in [1.807, 2.05) is 19.9 Å². The molecule has 7 nitrogen and oxygen atoms in total. The molecule has 2 heterocycles. The van der Waals surface area contributed by atoms with Crippen LogP contribution in [0.25, 0.3) is 11.0 Å². The Morgan fingerprint density at radius 2 is 1.88 bits per heavy atom. The van der Waals surface area contributed by atoms with E-state index in [2.05, 4.69) is 5.32 Å². The van der Waals surface area contributed by atoms with E-state index in [-0.39, 0.29) is 22.4 Å². The molecule has 0 radical (unpaired) electrons. The highest BCUT2D eigenvalue weighted by Gasteiger charge is 2.28. The fraction of sp³-hybridized carbons (Fsp3) is 0.375. The number of hydrogen-bond acceptors (Lipinski definition) is 5. The monoisotopic (exact) mass is 490 g/mol. The molecule has 1 aromatic heterocycles. The second-order valence-electron chi connectivity index (χ2n) is 8.42. The standard InChI is InChI=1S/C24H27ClN2O5S/c1-15(2)31-21-11-10-17(33(29,30)27-12-5-4-6-13-27)14-20(21)26-24(28)22-16(3)18-8-7-9-19(25)23(18)32-22/h7-11,14-15H,4-6,12-13H2,1-3H3,(H,26,28). The number of ether oxygens (including phenoxy) is 1. The Labute approximate surface area is 198 Å². The van der Waals surface area contributed by atoms with Crippen molar-refractivity contribution in [2.75, 3.05) is 18.4 Å². The van der Waals surface area contributed by atoms with Crippen LogP contribution >= 0.6 is 11.6 Å². The van der Waals surface area contributed by atoms with Gasteiger partial charge in [-0.2, -0.15) is 4.31 Å². The third kappa shape index (κ3) is 4.74. The average Bonchev–Trinajstić information content (AvgIpc) is 3.13. The Balaban J connectivity index is 1.71. The maximum absolute atomic E-state index is 13.2. The van der Waals surface area contributed by atoms with Crippen molar-refractivity contribution in [3.63, 3.8) is 0 Å². The van der Waals surface area contributed by atoms with Crippen molar-refractivity contribution in [2.24, 2.45) is 0 Å². The maximum Gasteiger partial charge on any atom is 0.291 e. The maximum atomic E-state index is 13.2. The van der Waals surface area contributed by atoms with Gasteiger partial charge in [-0.15, -0.1) is 0 Å². The molecule has 0 atom stereocenters. The van der Waals surface area contributed by atoms with Crippen LogP contribution in [0, 0.1) is 6.92 Å². The molecule has 0 bridgehead atoms. The summed E-state index contributed by atoms with van der Waals surface area (Å²) < 4.78 is 39.4. The van der Waals surface area contributed by atoms with Gasteiger partial charge in [0.1, 0.15) is 5.75 Å². The average molecular weight is 491 g/mol. The number of nitrogens with zero attached hydrogens (tertiary/aromatic N) is 1. The summed E-state index contributed by atoms with van der Waals surface area (Å²) in [6, 6.07) is 9.86. The van der Waals surface area contributed by atoms with Crippen LogP contribution < -0.4 is 10.1 Å². The van der Waals surface area contributed by atoms with E-state index < -0.39 is 15.9 Å². The van der Waals surface area contributed by atoms with Crippen molar-refractivity contribution in [2.45, 2.75) is 51.0 Å². The molecular formula is C24H27ClN2O5S. The summed E-state index contributed by atoms with van der Waals surface area (Å²) in [5.41, 5.74) is 1.34. The molecule has 1 saturated heterocycles. The number of fused-ring (bicyclic) bond motifs is 1. The van der Waals surface area contributed by atoms with E-state index in [4.69, 9.17) is 20.8 Å². The molecule has 2 aromatic carbocycles. The van der Waals surface area contributed by atoms with Crippen LogP contribution in [0.15, 0.2) is 45.7 Å². The molecule has 0 unspecified atom stereocenters. The summed E-state index contributed by atoms with van der Waals surface area (Å²) in [6.07, 6.45) is 2.53. The first-order valence-electron chi connectivity index (χ1n) is 11.0. The van der Waals surface area contributed by atoms with Crippen molar-refractivity contribution < 1.29 is 22.4 Å². The topological polar surface area (TPSA) is 88.9 Å². The SMILES string of the molecule is Cc1c(C(=O)Nc2cc(S(=O)(=O)N3CCCCC3)ccc2OC(C)C)oc2c(Cl)cccc12. The van der Waals surface area contributed by atoms with Crippen LogP contribution in [0.4, 0.5) is 5.69 Å². The van der Waals surface area contributed by atoms with E-state index in [9.17, 15) is 13.2 Å². The molecule has 1 aliphatic rings. The molecule has 4 rings (SSSR count). The third-order valence-electron chi connectivity index (χ3n) is 5.64. The molecule has 0 saturated carbocycles. The third-order valence-corrected chi connectivity index (χ3v) is 7.83. The van der Waals surface area contributed by atoms with Gasteiger partial charge in [0, 0.05) is 24.0 Å². The van der Waals surface area contributed by atoms with Gasteiger partial charge in [-0.05, 0) is 57.9 Å². The number of benzene rings is 2. The number of sulfonamides is 1. The van der Waals surface area contributed by atoms with E-state index in [1.165, 1.54) is 16.4 Å². The highest BCUT2D eigenvalue weighted by molar-refractivity contribution is 7.89. The van der Waals surface area contributed by atoms with Crippen LogP contribution in [0.5, 0.6) is 5.75 Å². The number of piperidine rings is 1. The first-order chi connectivity index (χ1) is 15.7. The van der Waals surface area contributed by atoms with Gasteiger partial charge >= 0.3 is 0 Å². The number of amides is 1. The fourth-order valence-electron chi connectivity index (χ4n) is 3.98. The number of halogens is 1. The van der Waals surface area contributed by atoms with Crippen molar-refractivity contribution in [1.29, 1.82) is 0 Å². The number of nitrogens with one attached hydrogen (secondary N) is 1. The quantitative estimate of drug-likeness (QED) is 0.485. The van der Waals surface area contributed by atoms with Crippen LogP contribution in [0.1, 0.15) is 49.2 Å². The predicted octanol–water partition coefficient (Wildman–Crippen LogP) is 5.61. The highest BCUT2D eigenvalue weighted by Crippen LogP contribution is 2.34. The van der Waals surface area contributed by atoms with Crippen molar-refractivity contribution in [3.8, 4) is 5.75 Å². The highest BCUT2D eigenvalue weighted by atomic mass is 35.5. The minimum Gasteiger partial charge on any atom is -0.489 e. The summed E-state index contributed by atoms with van der Waals surface area (Å²) in [4.78, 5) is 13.3. The molecule has 176 valence electrons. The lowest BCUT2D eigenvalue weighted by molar-refractivity contribution is 0.0997. The minimum absolute atomic E-state index is 0.109. The van der Waals surface area contributed by atoms with Gasteiger partial charge < -0.3 is 14.5 Å². The van der Waals surface area contributed by atoms with E-state index in [1.54, 1.807) is 25.1 Å². The summed E-state index contributed by atoms with van der Waals surface area (Å²) >= 11 is 6.22. The van der Waals surface area contributed by atoms with E-state index >= 15 is 0 Å². The van der Waals surface area contributed by atoms with Gasteiger partial charge in [-0.25, -0.2) is 8.42 Å². The zero-order valence-corrected chi connectivity index (χ0v) is 20.4. The Bertz CT molecular complexity index is 1290. The van der Waals surface area contributed by atoms with Gasteiger partial charge in [0.15, 0.2) is 11.3 Å². The van der Waals surface area contributed by atoms with Crippen molar-refractivity contribution >= 4 is 44.2 Å². The molecule has 9 heteroatoms. The van der Waals surface area contributed by atoms with Crippen LogP contribution in [0.3, 0.4) is 0 Å². The first-order valence-corrected chi connectivity index (χ1v) is 12.8. The minimum atomic E-state index is -3.68. The molecule has 3 aromatic rings. The summed E-state index contributed by atoms with van der Waals surface area (Å²) in [5, 5.41) is 3.94. The zero-order valence-electron chi connectivity index (χ0n) is 18.9. The lowest BCUT2D eigenvalue weighted by atomic mass is 10.1. The molecule has 1 aliphatic heterocycles. The number of carbonyl (C=O) groups is 1. The van der Waals surface area contributed by atoms with Gasteiger partial charge in [-0.1, -0.05) is 30.2 Å². The summed E-state index contributed by atoms with van der Waals surface area (Å²) in [5.74, 6) is -0.0264. The van der Waals surface area contributed by atoms with Crippen molar-refractivity contribution in [1.82, 2.24) is 4.31 Å². The molecule has 33 heavy (non-hydrogen) atoms. The number of furan rings is 1. The van der Waals surface area contributed by atoms with E-state index in [0.717, 1.165) is 24.6 Å². The lowest BCUT2D eigenvalue weighted by Crippen LogP contribution is -2.35. The number of aryl methyl sites for hydroxylation is 1. The van der Waals surface area contributed by atoms with Crippen LogP contribution in [-0.4, -0.2) is 37.8 Å². The van der Waals surface area contributed by atoms with Gasteiger partial charge in [0.2, 0.25) is 10.0 Å². The molecule has 0 spiro atoms. The van der Waals surface area contributed by atoms with Crippen LogP contribution in [-0.2, 0) is 10.0 Å². The number of rotatable bonds is 6. The molecule has 0 aliphatic carbocycles. The molecule has 1 fully saturated rings. The molecular weight excluding hydrogens is 464 g/mol. The summed E-state index contributed by atoms with van der Waals surface area (Å²) in [6.45, 7) is 6.48. The first kappa shape index (κ1) is 23.6. The lowest BCUT2D eigenvalue weighted by Gasteiger charge is -2.26. The van der Waals surface area contributed by atoms with Crippen molar-refractivity contribution in [3.05, 3.63) is 52.7 Å². The zero-order chi connectivity index (χ0) is 23.8. The second kappa shape index (κ2) is 9.37. The second-order valence-corrected chi connectivity index (χ2v) is 10.8. The van der Waals surface area contributed by atoms with Crippen LogP contribution in [0.2, 0.25) is 5.02 Å². The summed E-state index contributed by atoms with van der Waals surface area (Å²) in [7, 11) is -3.68. The number of para-hydroxylation sites is 1. The Hall–Kier alpha value is -2.55. The fourth-order valence-corrected chi connectivity index (χ4v) is 5.74. The molecule has 1 amide bonds. The molecule has 1 N–H and O–H groups in total. The largest absolute Gasteiger partial charge is 0.489 e. The van der Waals surface area contributed by atoms with Gasteiger partial charge in [-0.3, -0.25) is 4.79 Å². The Morgan fingerprint density at radius 3 is 2.55 bits per heavy atom. The predicted molar refractivity (Wildman–Crippen MR) is 129 cm³/mol. The number of hydrogen-bond donors (Lipinski definition) is 1. The normalized spacial score (nSPS) is 15.2. The van der Waals surface area contributed by atoms with E-state index in [0.29, 0.717) is 35.0 Å². The smallest absolute Gasteiger partial charge is 0.291 e. The number of carbonyl (C=O) groups excluding carboxylic acids is 1. The van der Waals surface area contributed by atoms with Gasteiger partial charge in [0.05, 0.1) is 21.7 Å².